The summed E-state index contributed by atoms with van der Waals surface area (Å²) in [6.45, 7) is 4.20. The Kier molecular flexibility index (Phi) is 4.64. The van der Waals surface area contributed by atoms with E-state index in [1.54, 1.807) is 0 Å². The van der Waals surface area contributed by atoms with E-state index >= 15 is 0 Å². The summed E-state index contributed by atoms with van der Waals surface area (Å²) in [7, 11) is 0. The number of hydrogen-bond donors (Lipinski definition) is 1. The van der Waals surface area contributed by atoms with E-state index < -0.39 is 0 Å². The third kappa shape index (κ3) is 3.23. The quantitative estimate of drug-likeness (QED) is 0.668. The van der Waals surface area contributed by atoms with Crippen LogP contribution in [0.4, 0.5) is 0 Å². The maximum Gasteiger partial charge on any atom is 0.173 e. The Morgan fingerprint density at radius 1 is 1.09 bits per heavy atom. The summed E-state index contributed by atoms with van der Waals surface area (Å²) in [5.41, 5.74) is 4.49. The average molecular weight is 372 g/mol. The van der Waals surface area contributed by atoms with Gasteiger partial charge in [0.2, 0.25) is 0 Å². The molecule has 2 aromatic carbocycles. The Bertz CT molecular complexity index is 806. The van der Waals surface area contributed by atoms with Crippen LogP contribution < -0.4 is 0 Å². The van der Waals surface area contributed by atoms with Crippen molar-refractivity contribution in [1.82, 2.24) is 5.16 Å². The minimum atomic E-state index is -0.118. The molecule has 0 spiro atoms. The van der Waals surface area contributed by atoms with Gasteiger partial charge in [-0.2, -0.15) is 0 Å². The van der Waals surface area contributed by atoms with Gasteiger partial charge in [-0.1, -0.05) is 71.3 Å². The molecule has 0 atom stereocenters. The van der Waals surface area contributed by atoms with Gasteiger partial charge in [-0.3, -0.25) is 0 Å². The number of aliphatic hydroxyl groups excluding tert-OH is 1. The topological polar surface area (TPSA) is 46.3 Å². The fourth-order valence-corrected chi connectivity index (χ4v) is 2.96. The van der Waals surface area contributed by atoms with Gasteiger partial charge in [-0.15, -0.1) is 0 Å². The molecular formula is C19H18BrNO2. The first-order chi connectivity index (χ1) is 11.1. The highest BCUT2D eigenvalue weighted by Crippen LogP contribution is 2.33. The van der Waals surface area contributed by atoms with Crippen LogP contribution in [0.3, 0.4) is 0 Å². The van der Waals surface area contributed by atoms with Crippen LogP contribution in [0.5, 0.6) is 0 Å². The zero-order valence-corrected chi connectivity index (χ0v) is 14.7. The minimum Gasteiger partial charge on any atom is -0.391 e. The van der Waals surface area contributed by atoms with Crippen LogP contribution in [0.1, 0.15) is 30.9 Å². The molecule has 118 valence electrons. The van der Waals surface area contributed by atoms with Crippen molar-refractivity contribution in [2.24, 2.45) is 0 Å². The van der Waals surface area contributed by atoms with Crippen LogP contribution in [0, 0.1) is 0 Å². The zero-order chi connectivity index (χ0) is 16.4. The number of aromatic nitrogens is 1. The molecule has 0 fully saturated rings. The van der Waals surface area contributed by atoms with Gasteiger partial charge in [0.05, 0.1) is 12.2 Å². The molecule has 4 heteroatoms. The predicted octanol–water partition coefficient (Wildman–Crippen LogP) is 5.39. The summed E-state index contributed by atoms with van der Waals surface area (Å²) in [5, 5.41) is 14.0. The molecule has 3 nitrogen and oxygen atoms in total. The number of hydrogen-bond acceptors (Lipinski definition) is 3. The average Bonchev–Trinajstić information content (AvgIpc) is 2.98. The first-order valence-corrected chi connectivity index (χ1v) is 8.35. The molecule has 0 aliphatic heterocycles. The summed E-state index contributed by atoms with van der Waals surface area (Å²) in [6, 6.07) is 16.0. The fraction of sp³-hybridized carbons (Fsp3) is 0.211. The molecule has 23 heavy (non-hydrogen) atoms. The van der Waals surface area contributed by atoms with E-state index in [1.165, 1.54) is 5.56 Å². The van der Waals surface area contributed by atoms with Crippen LogP contribution >= 0.6 is 15.9 Å². The van der Waals surface area contributed by atoms with Gasteiger partial charge in [-0.05, 0) is 23.6 Å². The van der Waals surface area contributed by atoms with Gasteiger partial charge < -0.3 is 9.63 Å². The molecule has 0 radical (unpaired) electrons. The maximum absolute atomic E-state index is 9.81. The lowest BCUT2D eigenvalue weighted by atomic mass is 9.99. The first kappa shape index (κ1) is 16.0. The van der Waals surface area contributed by atoms with Crippen molar-refractivity contribution in [3.05, 3.63) is 64.1 Å². The monoisotopic (exact) mass is 371 g/mol. The molecule has 0 saturated heterocycles. The third-order valence-corrected chi connectivity index (χ3v) is 4.38. The molecular weight excluding hydrogens is 354 g/mol. The molecule has 0 aliphatic carbocycles. The van der Waals surface area contributed by atoms with E-state index in [9.17, 15) is 5.11 Å². The summed E-state index contributed by atoms with van der Waals surface area (Å²) in [6.07, 6.45) is 0. The molecule has 0 aliphatic rings. The number of halogens is 1. The van der Waals surface area contributed by atoms with E-state index in [0.29, 0.717) is 22.9 Å². The lowest BCUT2D eigenvalue weighted by Crippen LogP contribution is -1.90. The van der Waals surface area contributed by atoms with Crippen molar-refractivity contribution in [2.45, 2.75) is 26.4 Å². The normalized spacial score (nSPS) is 11.2. The number of benzene rings is 2. The van der Waals surface area contributed by atoms with Crippen LogP contribution in [0.2, 0.25) is 0 Å². The minimum absolute atomic E-state index is 0.118. The number of rotatable bonds is 4. The standard InChI is InChI=1S/C19H18BrNO2/c1-12(2)13-6-8-14(9-7-13)19-17(11-22)18(21-23-19)15-4-3-5-16(20)10-15/h3-10,12,22H,11H2,1-2H3. The summed E-state index contributed by atoms with van der Waals surface area (Å²) in [4.78, 5) is 0. The van der Waals surface area contributed by atoms with Crippen molar-refractivity contribution in [1.29, 1.82) is 0 Å². The highest BCUT2D eigenvalue weighted by atomic mass is 79.9. The Morgan fingerprint density at radius 3 is 2.43 bits per heavy atom. The molecule has 1 N–H and O–H groups in total. The molecule has 1 aromatic heterocycles. The first-order valence-electron chi connectivity index (χ1n) is 7.56. The summed E-state index contributed by atoms with van der Waals surface area (Å²) >= 11 is 3.46. The van der Waals surface area contributed by atoms with Crippen LogP contribution in [0.15, 0.2) is 57.5 Å². The molecule has 1 heterocycles. The second-order valence-corrected chi connectivity index (χ2v) is 6.70. The van der Waals surface area contributed by atoms with Gasteiger partial charge >= 0.3 is 0 Å². The second kappa shape index (κ2) is 6.69. The Hall–Kier alpha value is -1.91. The van der Waals surface area contributed by atoms with Crippen molar-refractivity contribution >= 4 is 15.9 Å². The largest absolute Gasteiger partial charge is 0.391 e. The fourth-order valence-electron chi connectivity index (χ4n) is 2.56. The highest BCUT2D eigenvalue weighted by molar-refractivity contribution is 9.10. The molecule has 0 unspecified atom stereocenters. The zero-order valence-electron chi connectivity index (χ0n) is 13.1. The van der Waals surface area contributed by atoms with E-state index in [0.717, 1.165) is 15.6 Å². The van der Waals surface area contributed by atoms with Gasteiger partial charge in [0.25, 0.3) is 0 Å². The summed E-state index contributed by atoms with van der Waals surface area (Å²) < 4.78 is 6.50. The molecule has 0 saturated carbocycles. The Balaban J connectivity index is 2.04. The number of aliphatic hydroxyl groups is 1. The van der Waals surface area contributed by atoms with Gasteiger partial charge in [-0.25, -0.2) is 0 Å². The summed E-state index contributed by atoms with van der Waals surface area (Å²) in [5.74, 6) is 1.10. The van der Waals surface area contributed by atoms with Crippen LogP contribution in [-0.2, 0) is 6.61 Å². The molecule has 3 rings (SSSR count). The van der Waals surface area contributed by atoms with E-state index in [2.05, 4.69) is 47.1 Å². The van der Waals surface area contributed by atoms with Crippen molar-refractivity contribution in [2.75, 3.05) is 0 Å². The maximum atomic E-state index is 9.81. The smallest absolute Gasteiger partial charge is 0.173 e. The van der Waals surface area contributed by atoms with Crippen molar-refractivity contribution in [3.63, 3.8) is 0 Å². The molecule has 0 bridgehead atoms. The van der Waals surface area contributed by atoms with Crippen LogP contribution in [-0.4, -0.2) is 10.3 Å². The van der Waals surface area contributed by atoms with Crippen molar-refractivity contribution in [3.8, 4) is 22.6 Å². The van der Waals surface area contributed by atoms with E-state index in [-0.39, 0.29) is 6.61 Å². The van der Waals surface area contributed by atoms with E-state index in [1.807, 2.05) is 36.4 Å². The van der Waals surface area contributed by atoms with Crippen LogP contribution in [0.25, 0.3) is 22.6 Å². The van der Waals surface area contributed by atoms with Crippen molar-refractivity contribution < 1.29 is 9.63 Å². The number of nitrogens with zero attached hydrogens (tertiary/aromatic N) is 1. The van der Waals surface area contributed by atoms with Gasteiger partial charge in [0.15, 0.2) is 5.76 Å². The molecule has 0 amide bonds. The predicted molar refractivity (Wildman–Crippen MR) is 95.1 cm³/mol. The highest BCUT2D eigenvalue weighted by Gasteiger charge is 2.18. The second-order valence-electron chi connectivity index (χ2n) is 5.78. The Morgan fingerprint density at radius 2 is 1.83 bits per heavy atom. The lowest BCUT2D eigenvalue weighted by molar-refractivity contribution is 0.281. The SMILES string of the molecule is CC(C)c1ccc(-c2onc(-c3cccc(Br)c3)c2CO)cc1. The molecule has 3 aromatic rings. The lowest BCUT2D eigenvalue weighted by Gasteiger charge is -2.06. The Labute approximate surface area is 144 Å². The van der Waals surface area contributed by atoms with E-state index in [4.69, 9.17) is 4.52 Å². The van der Waals surface area contributed by atoms with Gasteiger partial charge in [0.1, 0.15) is 5.69 Å². The third-order valence-electron chi connectivity index (χ3n) is 3.88. The van der Waals surface area contributed by atoms with Gasteiger partial charge in [0, 0.05) is 15.6 Å².